The number of carboxylic acids is 1. The Morgan fingerprint density at radius 3 is 2.84 bits per heavy atom. The molecule has 0 atom stereocenters. The van der Waals surface area contributed by atoms with Gasteiger partial charge in [-0.05, 0) is 18.9 Å². The Hall–Kier alpha value is -3.24. The van der Waals surface area contributed by atoms with E-state index in [2.05, 4.69) is 25.3 Å². The Labute approximate surface area is 137 Å². The van der Waals surface area contributed by atoms with Crippen molar-refractivity contribution < 1.29 is 23.1 Å². The number of aromatic amines is 1. The number of H-pyrrole nitrogens is 1. The third-order valence-electron chi connectivity index (χ3n) is 3.91. The predicted octanol–water partition coefficient (Wildman–Crippen LogP) is 1.87. The van der Waals surface area contributed by atoms with Gasteiger partial charge < -0.3 is 5.11 Å². The van der Waals surface area contributed by atoms with Gasteiger partial charge in [-0.2, -0.15) is 28.1 Å². The van der Waals surface area contributed by atoms with Gasteiger partial charge in [0.25, 0.3) is 5.95 Å². The maximum absolute atomic E-state index is 12.9. The van der Waals surface area contributed by atoms with Crippen molar-refractivity contribution in [3.63, 3.8) is 0 Å². The van der Waals surface area contributed by atoms with E-state index in [-0.39, 0.29) is 11.6 Å². The third kappa shape index (κ3) is 2.35. The molecule has 128 valence electrons. The minimum Gasteiger partial charge on any atom is -0.476 e. The number of fused-ring (bicyclic) bond motifs is 3. The highest BCUT2D eigenvalue weighted by molar-refractivity contribution is 5.90. The number of carboxylic acid groups (broad SMARTS) is 1. The third-order valence-corrected chi connectivity index (χ3v) is 3.91. The quantitative estimate of drug-likeness (QED) is 0.730. The lowest BCUT2D eigenvalue weighted by atomic mass is 9.94. The Bertz CT molecular complexity index is 991. The normalized spacial score (nSPS) is 13.4. The summed E-state index contributed by atoms with van der Waals surface area (Å²) in [5, 5.41) is 20.0. The van der Waals surface area contributed by atoms with Crippen LogP contribution in [-0.2, 0) is 19.0 Å². The molecule has 3 heterocycles. The summed E-state index contributed by atoms with van der Waals surface area (Å²) >= 11 is 0. The van der Waals surface area contributed by atoms with Gasteiger partial charge in [-0.25, -0.2) is 14.8 Å². The van der Waals surface area contributed by atoms with Crippen LogP contribution in [0.1, 0.15) is 27.4 Å². The summed E-state index contributed by atoms with van der Waals surface area (Å²) in [6, 6.07) is 0.737. The van der Waals surface area contributed by atoms with Gasteiger partial charge in [0, 0.05) is 23.0 Å². The summed E-state index contributed by atoms with van der Waals surface area (Å²) in [6.07, 6.45) is -1.33. The van der Waals surface area contributed by atoms with Crippen LogP contribution >= 0.6 is 0 Å². The van der Waals surface area contributed by atoms with Crippen molar-refractivity contribution in [1.82, 2.24) is 29.9 Å². The molecule has 11 heteroatoms. The standard InChI is InChI=1S/C14H9F3N6O2/c15-14(16,17)9-3-4-18-13(20-9)23-11-6(10(22-23)12(24)25)1-2-8-7(11)5-19-21-8/h3-5H,1-2H2,(H,19,21)(H,24,25). The second-order valence-electron chi connectivity index (χ2n) is 5.39. The van der Waals surface area contributed by atoms with Crippen LogP contribution in [0.3, 0.4) is 0 Å². The molecule has 25 heavy (non-hydrogen) atoms. The molecular weight excluding hydrogens is 341 g/mol. The number of aryl methyl sites for hydroxylation is 1. The van der Waals surface area contributed by atoms with Gasteiger partial charge in [-0.15, -0.1) is 0 Å². The van der Waals surface area contributed by atoms with E-state index in [0.29, 0.717) is 29.7 Å². The van der Waals surface area contributed by atoms with E-state index >= 15 is 0 Å². The SMILES string of the molecule is O=C(O)c1nn(-c2nccc(C(F)(F)F)n2)c2c1CCc1[nH]ncc1-2. The molecule has 3 aromatic heterocycles. The first kappa shape index (κ1) is 15.3. The monoisotopic (exact) mass is 350 g/mol. The average Bonchev–Trinajstić information content (AvgIpc) is 3.18. The molecule has 1 aliphatic carbocycles. The second kappa shape index (κ2) is 5.13. The van der Waals surface area contributed by atoms with Crippen molar-refractivity contribution in [2.24, 2.45) is 0 Å². The molecule has 0 amide bonds. The lowest BCUT2D eigenvalue weighted by molar-refractivity contribution is -0.141. The number of hydrogen-bond acceptors (Lipinski definition) is 5. The molecule has 3 aromatic rings. The average molecular weight is 350 g/mol. The summed E-state index contributed by atoms with van der Waals surface area (Å²) in [5.74, 6) is -1.62. The van der Waals surface area contributed by atoms with Crippen LogP contribution in [0.5, 0.6) is 0 Å². The Morgan fingerprint density at radius 1 is 1.32 bits per heavy atom. The van der Waals surface area contributed by atoms with Crippen molar-refractivity contribution in [3.8, 4) is 17.2 Å². The number of nitrogens with zero attached hydrogens (tertiary/aromatic N) is 5. The van der Waals surface area contributed by atoms with Crippen molar-refractivity contribution in [3.05, 3.63) is 41.1 Å². The van der Waals surface area contributed by atoms with Gasteiger partial charge in [0.05, 0.1) is 11.9 Å². The van der Waals surface area contributed by atoms with Crippen LogP contribution in [0.25, 0.3) is 17.2 Å². The van der Waals surface area contributed by atoms with Crippen LogP contribution in [0, 0.1) is 0 Å². The van der Waals surface area contributed by atoms with Crippen LogP contribution in [-0.4, -0.2) is 41.0 Å². The highest BCUT2D eigenvalue weighted by atomic mass is 19.4. The first-order chi connectivity index (χ1) is 11.9. The smallest absolute Gasteiger partial charge is 0.433 e. The molecule has 0 spiro atoms. The number of carbonyl (C=O) groups is 1. The molecule has 0 bridgehead atoms. The highest BCUT2D eigenvalue weighted by Gasteiger charge is 2.34. The molecule has 0 saturated carbocycles. The summed E-state index contributed by atoms with van der Waals surface area (Å²) in [7, 11) is 0. The zero-order valence-electron chi connectivity index (χ0n) is 12.4. The van der Waals surface area contributed by atoms with Gasteiger partial charge in [0.2, 0.25) is 0 Å². The zero-order chi connectivity index (χ0) is 17.8. The molecule has 0 unspecified atom stereocenters. The predicted molar refractivity (Wildman–Crippen MR) is 76.1 cm³/mol. The maximum atomic E-state index is 12.9. The molecular formula is C14H9F3N6O2. The number of rotatable bonds is 2. The molecule has 0 saturated heterocycles. The van der Waals surface area contributed by atoms with E-state index in [1.165, 1.54) is 6.20 Å². The minimum atomic E-state index is -4.65. The molecule has 8 nitrogen and oxygen atoms in total. The van der Waals surface area contributed by atoms with Crippen molar-refractivity contribution in [2.45, 2.75) is 19.0 Å². The number of nitrogens with one attached hydrogen (secondary N) is 1. The van der Waals surface area contributed by atoms with E-state index in [1.807, 2.05) is 0 Å². The molecule has 0 aliphatic heterocycles. The Kier molecular flexibility index (Phi) is 3.14. The lowest BCUT2D eigenvalue weighted by Gasteiger charge is -2.14. The zero-order valence-corrected chi connectivity index (χ0v) is 12.4. The van der Waals surface area contributed by atoms with Gasteiger partial charge in [-0.1, -0.05) is 0 Å². The largest absolute Gasteiger partial charge is 0.476 e. The molecule has 0 aromatic carbocycles. The number of halogens is 3. The van der Waals surface area contributed by atoms with Gasteiger partial charge in [0.15, 0.2) is 5.69 Å². The number of aromatic nitrogens is 6. The fourth-order valence-corrected chi connectivity index (χ4v) is 2.85. The number of alkyl halides is 3. The molecule has 0 fully saturated rings. The fourth-order valence-electron chi connectivity index (χ4n) is 2.85. The van der Waals surface area contributed by atoms with E-state index in [9.17, 15) is 23.1 Å². The van der Waals surface area contributed by atoms with Gasteiger partial charge >= 0.3 is 12.1 Å². The first-order valence-corrected chi connectivity index (χ1v) is 7.14. The van der Waals surface area contributed by atoms with Crippen LogP contribution in [0.15, 0.2) is 18.5 Å². The Morgan fingerprint density at radius 2 is 2.12 bits per heavy atom. The summed E-state index contributed by atoms with van der Waals surface area (Å²) in [6.45, 7) is 0. The van der Waals surface area contributed by atoms with E-state index in [0.717, 1.165) is 22.6 Å². The summed E-state index contributed by atoms with van der Waals surface area (Å²) < 4.78 is 39.8. The van der Waals surface area contributed by atoms with Crippen molar-refractivity contribution in [2.75, 3.05) is 0 Å². The molecule has 0 radical (unpaired) electrons. The van der Waals surface area contributed by atoms with Crippen molar-refractivity contribution in [1.29, 1.82) is 0 Å². The van der Waals surface area contributed by atoms with E-state index < -0.39 is 17.8 Å². The lowest BCUT2D eigenvalue weighted by Crippen LogP contribution is -2.13. The van der Waals surface area contributed by atoms with Crippen molar-refractivity contribution >= 4 is 5.97 Å². The fraction of sp³-hybridized carbons (Fsp3) is 0.214. The molecule has 2 N–H and O–H groups in total. The molecule has 4 rings (SSSR count). The van der Waals surface area contributed by atoms with E-state index in [1.54, 1.807) is 0 Å². The van der Waals surface area contributed by atoms with Crippen LogP contribution < -0.4 is 0 Å². The molecule has 1 aliphatic rings. The highest BCUT2D eigenvalue weighted by Crippen LogP contribution is 2.36. The number of aromatic carboxylic acids is 1. The first-order valence-electron chi connectivity index (χ1n) is 7.14. The Balaban J connectivity index is 1.97. The summed E-state index contributed by atoms with van der Waals surface area (Å²) in [4.78, 5) is 18.8. The minimum absolute atomic E-state index is 0.233. The van der Waals surface area contributed by atoms with Gasteiger partial charge in [-0.3, -0.25) is 5.10 Å². The van der Waals surface area contributed by atoms with Crippen LogP contribution in [0.2, 0.25) is 0 Å². The van der Waals surface area contributed by atoms with Crippen LogP contribution in [0.4, 0.5) is 13.2 Å². The summed E-state index contributed by atoms with van der Waals surface area (Å²) in [5.41, 5.74) is 0.707. The van der Waals surface area contributed by atoms with E-state index in [4.69, 9.17) is 0 Å². The maximum Gasteiger partial charge on any atom is 0.433 e. The second-order valence-corrected chi connectivity index (χ2v) is 5.39. The van der Waals surface area contributed by atoms with Gasteiger partial charge in [0.1, 0.15) is 5.69 Å². The topological polar surface area (TPSA) is 110 Å². The number of hydrogen-bond donors (Lipinski definition) is 2.